The van der Waals surface area contributed by atoms with Gasteiger partial charge in [-0.05, 0) is 37.1 Å². The SMILES string of the molecule is Cc1cncc(CNC(C)c2ccc(Cl)s2)c1. The molecule has 0 saturated heterocycles. The Kier molecular flexibility index (Phi) is 4.15. The van der Waals surface area contributed by atoms with E-state index >= 15 is 0 Å². The summed E-state index contributed by atoms with van der Waals surface area (Å²) in [5.74, 6) is 0. The number of nitrogens with zero attached hydrogens (tertiary/aromatic N) is 1. The Labute approximate surface area is 111 Å². The van der Waals surface area contributed by atoms with Crippen molar-refractivity contribution in [2.45, 2.75) is 26.4 Å². The second-order valence-corrected chi connectivity index (χ2v) is 5.86. The summed E-state index contributed by atoms with van der Waals surface area (Å²) in [6.45, 7) is 5.02. The molecule has 0 saturated carbocycles. The maximum atomic E-state index is 5.92. The summed E-state index contributed by atoms with van der Waals surface area (Å²) >= 11 is 7.54. The Morgan fingerprint density at radius 1 is 1.41 bits per heavy atom. The van der Waals surface area contributed by atoms with Crippen molar-refractivity contribution in [1.82, 2.24) is 10.3 Å². The largest absolute Gasteiger partial charge is 0.305 e. The van der Waals surface area contributed by atoms with Crippen molar-refractivity contribution >= 4 is 22.9 Å². The molecule has 0 radical (unpaired) electrons. The maximum Gasteiger partial charge on any atom is 0.0931 e. The minimum atomic E-state index is 0.313. The van der Waals surface area contributed by atoms with Gasteiger partial charge in [0.15, 0.2) is 0 Å². The van der Waals surface area contributed by atoms with Crippen molar-refractivity contribution in [2.24, 2.45) is 0 Å². The normalized spacial score (nSPS) is 12.6. The molecule has 0 aliphatic rings. The lowest BCUT2D eigenvalue weighted by molar-refractivity contribution is 0.582. The fourth-order valence-electron chi connectivity index (χ4n) is 1.65. The predicted octanol–water partition coefficient (Wildman–Crippen LogP) is 3.96. The van der Waals surface area contributed by atoms with E-state index in [-0.39, 0.29) is 0 Å². The number of thiophene rings is 1. The molecule has 0 fully saturated rings. The van der Waals surface area contributed by atoms with Gasteiger partial charge in [-0.15, -0.1) is 11.3 Å². The summed E-state index contributed by atoms with van der Waals surface area (Å²) in [5.41, 5.74) is 2.40. The fraction of sp³-hybridized carbons (Fsp3) is 0.308. The molecule has 0 aliphatic heterocycles. The standard InChI is InChI=1S/C13H15ClN2S/c1-9-5-11(7-15-6-9)8-16-10(2)12-3-4-13(14)17-12/h3-7,10,16H,8H2,1-2H3. The Hall–Kier alpha value is -0.900. The van der Waals surface area contributed by atoms with Crippen molar-refractivity contribution in [3.8, 4) is 0 Å². The quantitative estimate of drug-likeness (QED) is 0.906. The molecule has 90 valence electrons. The lowest BCUT2D eigenvalue weighted by Crippen LogP contribution is -2.17. The Bertz CT molecular complexity index is 496. The number of hydrogen-bond acceptors (Lipinski definition) is 3. The first kappa shape index (κ1) is 12.6. The summed E-state index contributed by atoms with van der Waals surface area (Å²) in [6.07, 6.45) is 3.76. The van der Waals surface area contributed by atoms with Gasteiger partial charge in [0.05, 0.1) is 4.34 Å². The molecule has 1 unspecified atom stereocenters. The molecular formula is C13H15ClN2S. The van der Waals surface area contributed by atoms with Crippen LogP contribution in [0.5, 0.6) is 0 Å². The molecule has 0 spiro atoms. The zero-order chi connectivity index (χ0) is 12.3. The number of rotatable bonds is 4. The van der Waals surface area contributed by atoms with Gasteiger partial charge in [0.2, 0.25) is 0 Å². The van der Waals surface area contributed by atoms with Crippen LogP contribution >= 0.6 is 22.9 Å². The first-order valence-corrected chi connectivity index (χ1v) is 6.74. The maximum absolute atomic E-state index is 5.92. The lowest BCUT2D eigenvalue weighted by Gasteiger charge is -2.12. The van der Waals surface area contributed by atoms with Gasteiger partial charge in [-0.25, -0.2) is 0 Å². The molecular weight excluding hydrogens is 252 g/mol. The van der Waals surface area contributed by atoms with Crippen molar-refractivity contribution in [2.75, 3.05) is 0 Å². The second-order valence-electron chi connectivity index (χ2n) is 4.12. The Balaban J connectivity index is 1.94. The van der Waals surface area contributed by atoms with Gasteiger partial charge < -0.3 is 5.32 Å². The Morgan fingerprint density at radius 3 is 2.88 bits per heavy atom. The van der Waals surface area contributed by atoms with Crippen LogP contribution in [0.4, 0.5) is 0 Å². The van der Waals surface area contributed by atoms with Crippen LogP contribution in [0.25, 0.3) is 0 Å². The summed E-state index contributed by atoms with van der Waals surface area (Å²) in [6, 6.07) is 6.47. The van der Waals surface area contributed by atoms with E-state index in [4.69, 9.17) is 11.6 Å². The third-order valence-corrected chi connectivity index (χ3v) is 3.98. The molecule has 2 rings (SSSR count). The lowest BCUT2D eigenvalue weighted by atomic mass is 10.2. The fourth-order valence-corrected chi connectivity index (χ4v) is 2.73. The number of pyridine rings is 1. The van der Waals surface area contributed by atoms with Crippen molar-refractivity contribution < 1.29 is 0 Å². The third-order valence-electron chi connectivity index (χ3n) is 2.56. The van der Waals surface area contributed by atoms with E-state index in [9.17, 15) is 0 Å². The van der Waals surface area contributed by atoms with Crippen LogP contribution in [0.15, 0.2) is 30.6 Å². The molecule has 1 N–H and O–H groups in total. The van der Waals surface area contributed by atoms with Crippen LogP contribution in [-0.2, 0) is 6.54 Å². The monoisotopic (exact) mass is 266 g/mol. The molecule has 2 nitrogen and oxygen atoms in total. The van der Waals surface area contributed by atoms with E-state index in [1.165, 1.54) is 16.0 Å². The van der Waals surface area contributed by atoms with Crippen LogP contribution < -0.4 is 5.32 Å². The second kappa shape index (κ2) is 5.63. The first-order chi connectivity index (χ1) is 8.15. The van der Waals surface area contributed by atoms with Gasteiger partial charge in [0, 0.05) is 29.9 Å². The number of aromatic nitrogens is 1. The molecule has 0 amide bonds. The number of aryl methyl sites for hydroxylation is 1. The smallest absolute Gasteiger partial charge is 0.0931 e. The van der Waals surface area contributed by atoms with Crippen LogP contribution in [0, 0.1) is 6.92 Å². The molecule has 4 heteroatoms. The van der Waals surface area contributed by atoms with E-state index in [2.05, 4.69) is 36.3 Å². The van der Waals surface area contributed by atoms with Crippen LogP contribution in [0.2, 0.25) is 4.34 Å². The summed E-state index contributed by atoms with van der Waals surface area (Å²) in [7, 11) is 0. The first-order valence-electron chi connectivity index (χ1n) is 5.54. The van der Waals surface area contributed by atoms with Gasteiger partial charge in [0.25, 0.3) is 0 Å². The van der Waals surface area contributed by atoms with Crippen molar-refractivity contribution in [3.63, 3.8) is 0 Å². The highest BCUT2D eigenvalue weighted by Gasteiger charge is 2.07. The highest BCUT2D eigenvalue weighted by atomic mass is 35.5. The average molecular weight is 267 g/mol. The van der Waals surface area contributed by atoms with Gasteiger partial charge >= 0.3 is 0 Å². The van der Waals surface area contributed by atoms with Gasteiger partial charge in [0.1, 0.15) is 0 Å². The van der Waals surface area contributed by atoms with E-state index in [0.29, 0.717) is 6.04 Å². The topological polar surface area (TPSA) is 24.9 Å². The molecule has 0 aliphatic carbocycles. The summed E-state index contributed by atoms with van der Waals surface area (Å²) in [4.78, 5) is 5.44. The zero-order valence-corrected chi connectivity index (χ0v) is 11.5. The van der Waals surface area contributed by atoms with Crippen LogP contribution in [0.1, 0.15) is 29.0 Å². The molecule has 0 aromatic carbocycles. The van der Waals surface area contributed by atoms with Crippen molar-refractivity contribution in [1.29, 1.82) is 0 Å². The molecule has 0 bridgehead atoms. The average Bonchev–Trinajstić information content (AvgIpc) is 2.73. The van der Waals surface area contributed by atoms with Gasteiger partial charge in [-0.1, -0.05) is 17.7 Å². The van der Waals surface area contributed by atoms with Gasteiger partial charge in [-0.3, -0.25) is 4.98 Å². The third kappa shape index (κ3) is 3.53. The van der Waals surface area contributed by atoms with Gasteiger partial charge in [-0.2, -0.15) is 0 Å². The van der Waals surface area contributed by atoms with E-state index < -0.39 is 0 Å². The summed E-state index contributed by atoms with van der Waals surface area (Å²) in [5, 5.41) is 3.47. The van der Waals surface area contributed by atoms with E-state index in [0.717, 1.165) is 10.9 Å². The predicted molar refractivity (Wildman–Crippen MR) is 73.6 cm³/mol. The van der Waals surface area contributed by atoms with Crippen molar-refractivity contribution in [3.05, 3.63) is 50.9 Å². The molecule has 2 heterocycles. The highest BCUT2D eigenvalue weighted by molar-refractivity contribution is 7.16. The molecule has 2 aromatic rings. The van der Waals surface area contributed by atoms with Crippen LogP contribution in [0.3, 0.4) is 0 Å². The zero-order valence-electron chi connectivity index (χ0n) is 9.90. The minimum absolute atomic E-state index is 0.313. The van der Waals surface area contributed by atoms with E-state index in [1.54, 1.807) is 11.3 Å². The molecule has 2 aromatic heterocycles. The molecule has 1 atom stereocenters. The number of hydrogen-bond donors (Lipinski definition) is 1. The number of halogens is 1. The number of nitrogens with one attached hydrogen (secondary N) is 1. The van der Waals surface area contributed by atoms with Crippen LogP contribution in [-0.4, -0.2) is 4.98 Å². The van der Waals surface area contributed by atoms with E-state index in [1.807, 2.05) is 18.5 Å². The highest BCUT2D eigenvalue weighted by Crippen LogP contribution is 2.26. The summed E-state index contributed by atoms with van der Waals surface area (Å²) < 4.78 is 0.839. The molecule has 17 heavy (non-hydrogen) atoms. The minimum Gasteiger partial charge on any atom is -0.305 e. The Morgan fingerprint density at radius 2 is 2.24 bits per heavy atom.